The van der Waals surface area contributed by atoms with Crippen molar-refractivity contribution in [1.29, 1.82) is 0 Å². The van der Waals surface area contributed by atoms with Gasteiger partial charge in [0, 0.05) is 19.3 Å². The van der Waals surface area contributed by atoms with Gasteiger partial charge in [-0.1, -0.05) is 0 Å². The molecule has 0 aliphatic carbocycles. The zero-order valence-electron chi connectivity index (χ0n) is 15.0. The Morgan fingerprint density at radius 3 is 2.58 bits per heavy atom. The summed E-state index contributed by atoms with van der Waals surface area (Å²) in [6, 6.07) is 8.92. The molecule has 1 amide bonds. The van der Waals surface area contributed by atoms with Crippen molar-refractivity contribution in [1.82, 2.24) is 15.3 Å². The third-order valence-corrected chi connectivity index (χ3v) is 4.24. The second-order valence-corrected chi connectivity index (χ2v) is 6.14. The van der Waals surface area contributed by atoms with Gasteiger partial charge in [-0.3, -0.25) is 4.79 Å². The smallest absolute Gasteiger partial charge is 0.258 e. The van der Waals surface area contributed by atoms with Gasteiger partial charge in [0.25, 0.3) is 5.91 Å². The number of nitrogens with zero attached hydrogens (tertiary/aromatic N) is 3. The number of amides is 1. The molecule has 1 aromatic heterocycles. The van der Waals surface area contributed by atoms with Crippen LogP contribution < -0.4 is 19.7 Å². The highest BCUT2D eigenvalue weighted by Gasteiger charge is 2.13. The monoisotopic (exact) mass is 356 g/mol. The number of nitrogens with one attached hydrogen (secondary N) is 1. The van der Waals surface area contributed by atoms with Crippen LogP contribution in [0.15, 0.2) is 36.5 Å². The van der Waals surface area contributed by atoms with E-state index in [1.54, 1.807) is 37.6 Å². The van der Waals surface area contributed by atoms with E-state index in [0.29, 0.717) is 12.3 Å². The highest BCUT2D eigenvalue weighted by atomic mass is 16.5. The highest BCUT2D eigenvalue weighted by molar-refractivity contribution is 5.77. The molecule has 7 heteroatoms. The Hall–Kier alpha value is -2.83. The predicted octanol–water partition coefficient (Wildman–Crippen LogP) is 2.17. The van der Waals surface area contributed by atoms with E-state index in [9.17, 15) is 4.79 Å². The minimum absolute atomic E-state index is 0.0452. The molecular weight excluding hydrogens is 332 g/mol. The van der Waals surface area contributed by atoms with Crippen LogP contribution in [0.1, 0.15) is 25.0 Å². The normalized spacial score (nSPS) is 14.0. The van der Waals surface area contributed by atoms with E-state index in [0.717, 1.165) is 30.5 Å². The summed E-state index contributed by atoms with van der Waals surface area (Å²) in [5, 5.41) is 2.82. The molecule has 3 rings (SSSR count). The first-order valence-corrected chi connectivity index (χ1v) is 8.85. The van der Waals surface area contributed by atoms with Gasteiger partial charge in [0.1, 0.15) is 11.5 Å². The second-order valence-electron chi connectivity index (χ2n) is 6.14. The van der Waals surface area contributed by atoms with Crippen LogP contribution in [0.3, 0.4) is 0 Å². The molecule has 138 valence electrons. The molecule has 1 aromatic carbocycles. The number of methoxy groups -OCH3 is 1. The summed E-state index contributed by atoms with van der Waals surface area (Å²) in [5.41, 5.74) is 0.790. The van der Waals surface area contributed by atoms with E-state index < -0.39 is 0 Å². The van der Waals surface area contributed by atoms with Gasteiger partial charge in [-0.05, 0) is 49.6 Å². The molecule has 2 aromatic rings. The average molecular weight is 356 g/mol. The van der Waals surface area contributed by atoms with Crippen molar-refractivity contribution in [2.75, 3.05) is 31.7 Å². The molecule has 1 aliphatic rings. The third-order valence-electron chi connectivity index (χ3n) is 4.24. The Morgan fingerprint density at radius 2 is 1.85 bits per heavy atom. The van der Waals surface area contributed by atoms with Crippen molar-refractivity contribution in [3.05, 3.63) is 42.2 Å². The van der Waals surface area contributed by atoms with Crippen LogP contribution in [-0.2, 0) is 11.3 Å². The standard InChI is InChI=1S/C19H24N4O3/c1-25-16-5-7-17(8-6-16)26-14-18(24)21-13-15-9-10-20-19(22-15)23-11-3-2-4-12-23/h5-10H,2-4,11-14H2,1H3,(H,21,24). The number of rotatable bonds is 7. The van der Waals surface area contributed by atoms with E-state index >= 15 is 0 Å². The van der Waals surface area contributed by atoms with Crippen LogP contribution in [0.25, 0.3) is 0 Å². The summed E-state index contributed by atoms with van der Waals surface area (Å²) in [7, 11) is 1.60. The quantitative estimate of drug-likeness (QED) is 0.819. The lowest BCUT2D eigenvalue weighted by Crippen LogP contribution is -2.32. The van der Waals surface area contributed by atoms with Gasteiger partial charge in [0.05, 0.1) is 19.3 Å². The minimum Gasteiger partial charge on any atom is -0.497 e. The molecule has 0 radical (unpaired) electrons. The zero-order valence-corrected chi connectivity index (χ0v) is 15.0. The van der Waals surface area contributed by atoms with Crippen LogP contribution in [0, 0.1) is 0 Å². The number of hydrogen-bond donors (Lipinski definition) is 1. The molecule has 1 saturated heterocycles. The minimum atomic E-state index is -0.195. The average Bonchev–Trinajstić information content (AvgIpc) is 2.72. The number of anilines is 1. The fourth-order valence-corrected chi connectivity index (χ4v) is 2.79. The van der Waals surface area contributed by atoms with Gasteiger partial charge in [0.2, 0.25) is 5.95 Å². The third kappa shape index (κ3) is 5.08. The van der Waals surface area contributed by atoms with Gasteiger partial charge in [-0.25, -0.2) is 9.97 Å². The Morgan fingerprint density at radius 1 is 1.12 bits per heavy atom. The number of piperidine rings is 1. The van der Waals surface area contributed by atoms with Crippen molar-refractivity contribution < 1.29 is 14.3 Å². The molecule has 1 N–H and O–H groups in total. The lowest BCUT2D eigenvalue weighted by molar-refractivity contribution is -0.123. The van der Waals surface area contributed by atoms with E-state index in [2.05, 4.69) is 20.2 Å². The Bertz CT molecular complexity index is 715. The van der Waals surface area contributed by atoms with Crippen LogP contribution >= 0.6 is 0 Å². The molecule has 26 heavy (non-hydrogen) atoms. The maximum Gasteiger partial charge on any atom is 0.258 e. The second kappa shape index (κ2) is 9.03. The lowest BCUT2D eigenvalue weighted by Gasteiger charge is -2.26. The SMILES string of the molecule is COc1ccc(OCC(=O)NCc2ccnc(N3CCCCC3)n2)cc1. The van der Waals surface area contributed by atoms with Crippen LogP contribution in [0.2, 0.25) is 0 Å². The van der Waals surface area contributed by atoms with E-state index in [4.69, 9.17) is 9.47 Å². The molecule has 1 aliphatic heterocycles. The summed E-state index contributed by atoms with van der Waals surface area (Å²) in [4.78, 5) is 23.1. The van der Waals surface area contributed by atoms with E-state index in [1.807, 2.05) is 6.07 Å². The van der Waals surface area contributed by atoms with Crippen molar-refractivity contribution >= 4 is 11.9 Å². The maximum atomic E-state index is 12.0. The topological polar surface area (TPSA) is 76.6 Å². The molecule has 7 nitrogen and oxygen atoms in total. The largest absolute Gasteiger partial charge is 0.497 e. The number of hydrogen-bond acceptors (Lipinski definition) is 6. The van der Waals surface area contributed by atoms with Crippen molar-refractivity contribution in [3.8, 4) is 11.5 Å². The van der Waals surface area contributed by atoms with Crippen LogP contribution in [0.4, 0.5) is 5.95 Å². The molecule has 2 heterocycles. The van der Waals surface area contributed by atoms with Gasteiger partial charge in [-0.15, -0.1) is 0 Å². The Balaban J connectivity index is 1.46. The highest BCUT2D eigenvalue weighted by Crippen LogP contribution is 2.17. The van der Waals surface area contributed by atoms with E-state index in [1.165, 1.54) is 19.3 Å². The molecule has 0 unspecified atom stereocenters. The molecule has 0 bridgehead atoms. The van der Waals surface area contributed by atoms with Crippen LogP contribution in [0.5, 0.6) is 11.5 Å². The summed E-state index contributed by atoms with van der Waals surface area (Å²) in [6.07, 6.45) is 5.35. The van der Waals surface area contributed by atoms with Gasteiger partial charge in [-0.2, -0.15) is 0 Å². The van der Waals surface area contributed by atoms with E-state index in [-0.39, 0.29) is 12.5 Å². The number of benzene rings is 1. The number of ether oxygens (including phenoxy) is 2. The first-order chi connectivity index (χ1) is 12.7. The fraction of sp³-hybridized carbons (Fsp3) is 0.421. The predicted molar refractivity (Wildman–Crippen MR) is 98.4 cm³/mol. The molecule has 1 fully saturated rings. The first-order valence-electron chi connectivity index (χ1n) is 8.85. The molecule has 0 atom stereocenters. The van der Waals surface area contributed by atoms with Crippen LogP contribution in [-0.4, -0.2) is 42.7 Å². The lowest BCUT2D eigenvalue weighted by atomic mass is 10.1. The van der Waals surface area contributed by atoms with Crippen molar-refractivity contribution in [2.24, 2.45) is 0 Å². The number of aromatic nitrogens is 2. The Kier molecular flexibility index (Phi) is 6.24. The molecule has 0 spiro atoms. The summed E-state index contributed by atoms with van der Waals surface area (Å²) in [6.45, 7) is 2.29. The summed E-state index contributed by atoms with van der Waals surface area (Å²) in [5.74, 6) is 1.91. The van der Waals surface area contributed by atoms with Crippen molar-refractivity contribution in [3.63, 3.8) is 0 Å². The summed E-state index contributed by atoms with van der Waals surface area (Å²) < 4.78 is 10.6. The number of carbonyl (C=O) groups excluding carboxylic acids is 1. The first kappa shape index (κ1) is 18.0. The van der Waals surface area contributed by atoms with Gasteiger partial charge < -0.3 is 19.7 Å². The van der Waals surface area contributed by atoms with Crippen molar-refractivity contribution in [2.45, 2.75) is 25.8 Å². The zero-order chi connectivity index (χ0) is 18.2. The molecular formula is C19H24N4O3. The molecule has 0 saturated carbocycles. The Labute approximate surface area is 153 Å². The fourth-order valence-electron chi connectivity index (χ4n) is 2.79. The maximum absolute atomic E-state index is 12.0. The van der Waals surface area contributed by atoms with Gasteiger partial charge in [0.15, 0.2) is 6.61 Å². The van der Waals surface area contributed by atoms with Gasteiger partial charge >= 0.3 is 0 Å². The summed E-state index contributed by atoms with van der Waals surface area (Å²) >= 11 is 0. The number of carbonyl (C=O) groups is 1.